The summed E-state index contributed by atoms with van der Waals surface area (Å²) in [5, 5.41) is 13.5. The van der Waals surface area contributed by atoms with Gasteiger partial charge in [-0.2, -0.15) is 0 Å². The van der Waals surface area contributed by atoms with Gasteiger partial charge >= 0.3 is 0 Å². The Morgan fingerprint density at radius 2 is 1.91 bits per heavy atom. The molecule has 2 aliphatic carbocycles. The summed E-state index contributed by atoms with van der Waals surface area (Å²) in [6, 6.07) is 10.4. The topological polar surface area (TPSA) is 20.2 Å². The summed E-state index contributed by atoms with van der Waals surface area (Å²) in [4.78, 5) is 1.25. The van der Waals surface area contributed by atoms with E-state index in [9.17, 15) is 5.11 Å². The number of rotatable bonds is 4. The van der Waals surface area contributed by atoms with Crippen LogP contribution in [0.5, 0.6) is 0 Å². The van der Waals surface area contributed by atoms with Crippen molar-refractivity contribution >= 4 is 11.8 Å². The Labute approximate surface area is 138 Å². The van der Waals surface area contributed by atoms with Gasteiger partial charge in [-0.05, 0) is 55.1 Å². The fraction of sp³-hybridized carbons (Fsp3) is 0.500. The van der Waals surface area contributed by atoms with E-state index in [4.69, 9.17) is 0 Å². The molecule has 0 amide bonds. The average Bonchev–Trinajstić information content (AvgIpc) is 2.82. The summed E-state index contributed by atoms with van der Waals surface area (Å²) in [5.74, 6) is 0.611. The number of thioether (sulfide) groups is 1. The molecule has 0 aromatic heterocycles. The number of fused-ring (bicyclic) bond motifs is 2. The maximum atomic E-state index is 11.3. The molecule has 0 unspecified atom stereocenters. The van der Waals surface area contributed by atoms with Crippen molar-refractivity contribution in [2.75, 3.05) is 0 Å². The second-order valence-corrected chi connectivity index (χ2v) is 8.27. The molecule has 2 aliphatic rings. The van der Waals surface area contributed by atoms with Gasteiger partial charge in [0.25, 0.3) is 0 Å². The first kappa shape index (κ1) is 15.9. The first-order valence-corrected chi connectivity index (χ1v) is 9.09. The van der Waals surface area contributed by atoms with Crippen LogP contribution in [0.4, 0.5) is 0 Å². The van der Waals surface area contributed by atoms with Gasteiger partial charge in [0.05, 0.1) is 5.60 Å². The van der Waals surface area contributed by atoms with E-state index >= 15 is 0 Å². The predicted octanol–water partition coefficient (Wildman–Crippen LogP) is 5.43. The van der Waals surface area contributed by atoms with Gasteiger partial charge in [0.2, 0.25) is 0 Å². The fourth-order valence-corrected chi connectivity index (χ4v) is 5.57. The van der Waals surface area contributed by atoms with E-state index < -0.39 is 5.60 Å². The van der Waals surface area contributed by atoms with Crippen molar-refractivity contribution in [1.82, 2.24) is 0 Å². The first-order valence-electron chi connectivity index (χ1n) is 8.21. The molecular formula is C20H26OS. The zero-order valence-corrected chi connectivity index (χ0v) is 14.6. The minimum atomic E-state index is -0.693. The van der Waals surface area contributed by atoms with Gasteiger partial charge in [0.15, 0.2) is 0 Å². The van der Waals surface area contributed by atoms with Gasteiger partial charge in [-0.1, -0.05) is 62.0 Å². The highest BCUT2D eigenvalue weighted by molar-refractivity contribution is 8.02. The second-order valence-electron chi connectivity index (χ2n) is 7.29. The smallest absolute Gasteiger partial charge is 0.0926 e. The summed E-state index contributed by atoms with van der Waals surface area (Å²) < 4.78 is 0. The zero-order chi connectivity index (χ0) is 15.8. The van der Waals surface area contributed by atoms with Crippen LogP contribution in [-0.4, -0.2) is 10.7 Å². The van der Waals surface area contributed by atoms with Crippen molar-refractivity contribution in [3.63, 3.8) is 0 Å². The third kappa shape index (κ3) is 2.19. The molecule has 0 heterocycles. The summed E-state index contributed by atoms with van der Waals surface area (Å²) in [6.07, 6.45) is 9.55. The Kier molecular flexibility index (Phi) is 4.03. The molecule has 2 fully saturated rings. The lowest BCUT2D eigenvalue weighted by molar-refractivity contribution is -0.0305. The van der Waals surface area contributed by atoms with Gasteiger partial charge in [-0.15, -0.1) is 0 Å². The molecule has 2 heteroatoms. The van der Waals surface area contributed by atoms with Crippen LogP contribution >= 0.6 is 11.8 Å². The Balaban J connectivity index is 1.90. The zero-order valence-electron chi connectivity index (χ0n) is 13.8. The quantitative estimate of drug-likeness (QED) is 0.591. The van der Waals surface area contributed by atoms with E-state index in [-0.39, 0.29) is 10.8 Å². The first-order chi connectivity index (χ1) is 10.5. The molecule has 1 N–H and O–H groups in total. The van der Waals surface area contributed by atoms with Crippen LogP contribution in [0.15, 0.2) is 58.9 Å². The molecule has 22 heavy (non-hydrogen) atoms. The van der Waals surface area contributed by atoms with Crippen molar-refractivity contribution < 1.29 is 5.11 Å². The highest BCUT2D eigenvalue weighted by Gasteiger charge is 2.68. The van der Waals surface area contributed by atoms with E-state index in [1.165, 1.54) is 11.3 Å². The molecule has 0 spiro atoms. The van der Waals surface area contributed by atoms with E-state index in [1.807, 2.05) is 25.1 Å². The third-order valence-corrected chi connectivity index (χ3v) is 6.95. The minimum Gasteiger partial charge on any atom is -0.385 e. The molecule has 1 nitrogen and oxygen atoms in total. The standard InChI is InChI=1S/C20H26OS/c1-4-11-20(21)15-16-10-12-19(20,18(16,2)3)13-14-22-17-8-6-5-7-9-17/h4-9,11,13-14,16,21H,10,12,15H2,1-3H3/b11-4-,14-13-/t16-,19-,20+/m1/s1. The summed E-state index contributed by atoms with van der Waals surface area (Å²) in [7, 11) is 0. The Morgan fingerprint density at radius 3 is 2.55 bits per heavy atom. The summed E-state index contributed by atoms with van der Waals surface area (Å²) in [6.45, 7) is 6.68. The maximum absolute atomic E-state index is 11.3. The monoisotopic (exact) mass is 314 g/mol. The number of aliphatic hydroxyl groups is 1. The van der Waals surface area contributed by atoms with Crippen molar-refractivity contribution in [3.05, 3.63) is 54.0 Å². The molecule has 1 aromatic carbocycles. The van der Waals surface area contributed by atoms with E-state index in [0.717, 1.165) is 12.8 Å². The summed E-state index contributed by atoms with van der Waals surface area (Å²) >= 11 is 1.74. The largest absolute Gasteiger partial charge is 0.385 e. The van der Waals surface area contributed by atoms with Crippen LogP contribution in [0.3, 0.4) is 0 Å². The normalized spacial score (nSPS) is 36.6. The minimum absolute atomic E-state index is 0.140. The Morgan fingerprint density at radius 1 is 1.18 bits per heavy atom. The van der Waals surface area contributed by atoms with Gasteiger partial charge < -0.3 is 5.11 Å². The molecule has 118 valence electrons. The molecule has 0 saturated heterocycles. The van der Waals surface area contributed by atoms with Crippen LogP contribution in [0.25, 0.3) is 0 Å². The number of hydrogen-bond donors (Lipinski definition) is 1. The molecule has 3 rings (SSSR count). The highest BCUT2D eigenvalue weighted by atomic mass is 32.2. The molecular weight excluding hydrogens is 288 g/mol. The molecule has 3 atom stereocenters. The van der Waals surface area contributed by atoms with E-state index in [0.29, 0.717) is 5.92 Å². The van der Waals surface area contributed by atoms with E-state index in [1.54, 1.807) is 11.8 Å². The third-order valence-electron chi connectivity index (χ3n) is 6.13. The lowest BCUT2D eigenvalue weighted by Crippen LogP contribution is -2.46. The van der Waals surface area contributed by atoms with Gasteiger partial charge in [-0.3, -0.25) is 0 Å². The molecule has 2 bridgehead atoms. The SMILES string of the molecule is C/C=C\[C@]1(O)C[C@H]2CC[C@@]1(/C=C\Sc1ccccc1)C2(C)C. The fourth-order valence-electron chi connectivity index (χ4n) is 4.80. The van der Waals surface area contributed by atoms with Crippen LogP contribution in [0.2, 0.25) is 0 Å². The second kappa shape index (κ2) is 5.58. The number of allylic oxidation sites excluding steroid dienone is 1. The van der Waals surface area contributed by atoms with Gasteiger partial charge in [0, 0.05) is 10.3 Å². The molecule has 0 aliphatic heterocycles. The van der Waals surface area contributed by atoms with Crippen LogP contribution < -0.4 is 0 Å². The molecule has 1 aromatic rings. The van der Waals surface area contributed by atoms with Crippen LogP contribution in [0, 0.1) is 16.7 Å². The predicted molar refractivity (Wildman–Crippen MR) is 94.8 cm³/mol. The lowest BCUT2D eigenvalue weighted by atomic mass is 9.63. The van der Waals surface area contributed by atoms with E-state index in [2.05, 4.69) is 49.6 Å². The van der Waals surface area contributed by atoms with Gasteiger partial charge in [0.1, 0.15) is 0 Å². The Bertz CT molecular complexity index is 589. The maximum Gasteiger partial charge on any atom is 0.0926 e. The lowest BCUT2D eigenvalue weighted by Gasteiger charge is -2.44. The van der Waals surface area contributed by atoms with Crippen LogP contribution in [0.1, 0.15) is 40.0 Å². The van der Waals surface area contributed by atoms with Crippen molar-refractivity contribution in [3.8, 4) is 0 Å². The Hall–Kier alpha value is -0.990. The van der Waals surface area contributed by atoms with Gasteiger partial charge in [-0.25, -0.2) is 0 Å². The highest BCUT2D eigenvalue weighted by Crippen LogP contribution is 2.71. The van der Waals surface area contributed by atoms with Crippen molar-refractivity contribution in [2.45, 2.75) is 50.5 Å². The molecule has 2 saturated carbocycles. The summed E-state index contributed by atoms with van der Waals surface area (Å²) in [5.41, 5.74) is -0.685. The number of benzene rings is 1. The van der Waals surface area contributed by atoms with Crippen molar-refractivity contribution in [1.29, 1.82) is 0 Å². The molecule has 0 radical (unpaired) electrons. The van der Waals surface area contributed by atoms with Crippen LogP contribution in [-0.2, 0) is 0 Å². The average molecular weight is 314 g/mol. The van der Waals surface area contributed by atoms with Crippen molar-refractivity contribution in [2.24, 2.45) is 16.7 Å². The number of hydrogen-bond acceptors (Lipinski definition) is 2.